The highest BCUT2D eigenvalue weighted by molar-refractivity contribution is 9.10. The standard InChI is InChI=1S/C16H22BrFN2/c17-14-4-5-15(18)13(10-14)11-20-9-8-19-12-16(20)6-2-1-3-7-16/h4-5,10,19H,1-3,6-9,11-12H2. The summed E-state index contributed by atoms with van der Waals surface area (Å²) < 4.78 is 15.0. The second kappa shape index (κ2) is 6.12. The molecule has 1 saturated heterocycles. The molecule has 0 aromatic heterocycles. The van der Waals surface area contributed by atoms with E-state index in [2.05, 4.69) is 26.1 Å². The van der Waals surface area contributed by atoms with Crippen LogP contribution in [0.2, 0.25) is 0 Å². The molecule has 4 heteroatoms. The number of nitrogens with zero attached hydrogens (tertiary/aromatic N) is 1. The smallest absolute Gasteiger partial charge is 0.127 e. The number of benzene rings is 1. The summed E-state index contributed by atoms with van der Waals surface area (Å²) in [6.45, 7) is 3.82. The third-order valence-electron chi connectivity index (χ3n) is 4.84. The summed E-state index contributed by atoms with van der Waals surface area (Å²) in [4.78, 5) is 2.52. The van der Waals surface area contributed by atoms with Crippen molar-refractivity contribution in [3.8, 4) is 0 Å². The predicted octanol–water partition coefficient (Wildman–Crippen LogP) is 3.70. The van der Waals surface area contributed by atoms with E-state index in [1.807, 2.05) is 6.07 Å². The molecule has 110 valence electrons. The van der Waals surface area contributed by atoms with Crippen LogP contribution < -0.4 is 5.32 Å². The summed E-state index contributed by atoms with van der Waals surface area (Å²) in [6.07, 6.45) is 6.45. The minimum atomic E-state index is -0.0855. The molecule has 3 rings (SSSR count). The molecule has 0 amide bonds. The molecule has 1 spiro atoms. The summed E-state index contributed by atoms with van der Waals surface area (Å²) in [5.74, 6) is -0.0855. The summed E-state index contributed by atoms with van der Waals surface area (Å²) >= 11 is 3.45. The number of hydrogen-bond donors (Lipinski definition) is 1. The SMILES string of the molecule is Fc1ccc(Br)cc1CN1CCNCC12CCCCC2. The molecule has 1 aromatic rings. The Morgan fingerprint density at radius 2 is 2.05 bits per heavy atom. The average molecular weight is 341 g/mol. The molecule has 0 radical (unpaired) electrons. The molecule has 20 heavy (non-hydrogen) atoms. The van der Waals surface area contributed by atoms with E-state index in [0.29, 0.717) is 0 Å². The zero-order chi connectivity index (χ0) is 14.0. The predicted molar refractivity (Wildman–Crippen MR) is 83.2 cm³/mol. The lowest BCUT2D eigenvalue weighted by molar-refractivity contribution is 0.0201. The Kier molecular flexibility index (Phi) is 4.43. The first-order valence-corrected chi connectivity index (χ1v) is 8.39. The van der Waals surface area contributed by atoms with Crippen LogP contribution in [-0.4, -0.2) is 30.1 Å². The molecule has 1 heterocycles. The molecule has 1 aliphatic heterocycles. The van der Waals surface area contributed by atoms with Crippen LogP contribution in [-0.2, 0) is 6.54 Å². The Morgan fingerprint density at radius 1 is 1.25 bits per heavy atom. The molecule has 0 unspecified atom stereocenters. The summed E-state index contributed by atoms with van der Waals surface area (Å²) in [5.41, 5.74) is 1.07. The van der Waals surface area contributed by atoms with Gasteiger partial charge in [0.25, 0.3) is 0 Å². The van der Waals surface area contributed by atoms with E-state index < -0.39 is 0 Å². The topological polar surface area (TPSA) is 15.3 Å². The third kappa shape index (κ3) is 2.92. The Labute approximate surface area is 128 Å². The Balaban J connectivity index is 1.81. The molecule has 1 N–H and O–H groups in total. The van der Waals surface area contributed by atoms with E-state index in [1.165, 1.54) is 32.1 Å². The second-order valence-electron chi connectivity index (χ2n) is 6.12. The first kappa shape index (κ1) is 14.5. The van der Waals surface area contributed by atoms with Crippen molar-refractivity contribution in [2.45, 2.75) is 44.2 Å². The molecule has 0 bridgehead atoms. The van der Waals surface area contributed by atoms with Crippen LogP contribution in [0.3, 0.4) is 0 Å². The fraction of sp³-hybridized carbons (Fsp3) is 0.625. The van der Waals surface area contributed by atoms with Crippen molar-refractivity contribution in [3.63, 3.8) is 0 Å². The normalized spacial score (nSPS) is 23.1. The highest BCUT2D eigenvalue weighted by atomic mass is 79.9. The third-order valence-corrected chi connectivity index (χ3v) is 5.33. The van der Waals surface area contributed by atoms with Crippen LogP contribution >= 0.6 is 15.9 Å². The molecule has 1 aliphatic carbocycles. The van der Waals surface area contributed by atoms with Gasteiger partial charge in [-0.05, 0) is 31.0 Å². The van der Waals surface area contributed by atoms with Gasteiger partial charge < -0.3 is 5.32 Å². The van der Waals surface area contributed by atoms with Crippen molar-refractivity contribution in [3.05, 3.63) is 34.1 Å². The van der Waals surface area contributed by atoms with Gasteiger partial charge in [0.05, 0.1) is 0 Å². The summed E-state index contributed by atoms with van der Waals surface area (Å²) in [7, 11) is 0. The van der Waals surface area contributed by atoms with E-state index in [1.54, 1.807) is 12.1 Å². The highest BCUT2D eigenvalue weighted by Gasteiger charge is 2.39. The number of hydrogen-bond acceptors (Lipinski definition) is 2. The Morgan fingerprint density at radius 3 is 2.85 bits per heavy atom. The first-order valence-electron chi connectivity index (χ1n) is 7.59. The minimum absolute atomic E-state index is 0.0855. The molecular weight excluding hydrogens is 319 g/mol. The lowest BCUT2D eigenvalue weighted by atomic mass is 9.79. The van der Waals surface area contributed by atoms with Crippen LogP contribution in [0, 0.1) is 5.82 Å². The van der Waals surface area contributed by atoms with Crippen molar-refractivity contribution in [2.75, 3.05) is 19.6 Å². The van der Waals surface area contributed by atoms with Gasteiger partial charge in [0.1, 0.15) is 5.82 Å². The van der Waals surface area contributed by atoms with E-state index in [0.717, 1.165) is 36.2 Å². The van der Waals surface area contributed by atoms with Gasteiger partial charge in [-0.1, -0.05) is 35.2 Å². The van der Waals surface area contributed by atoms with E-state index >= 15 is 0 Å². The zero-order valence-electron chi connectivity index (χ0n) is 11.8. The maximum absolute atomic E-state index is 14.0. The van der Waals surface area contributed by atoms with Gasteiger partial charge in [-0.15, -0.1) is 0 Å². The quantitative estimate of drug-likeness (QED) is 0.883. The van der Waals surface area contributed by atoms with Gasteiger partial charge in [0.15, 0.2) is 0 Å². The molecule has 0 atom stereocenters. The van der Waals surface area contributed by atoms with Crippen molar-refractivity contribution < 1.29 is 4.39 Å². The molecule has 2 aliphatic rings. The van der Waals surface area contributed by atoms with E-state index in [4.69, 9.17) is 0 Å². The molecule has 1 saturated carbocycles. The summed E-state index contributed by atoms with van der Waals surface area (Å²) in [6, 6.07) is 5.26. The monoisotopic (exact) mass is 340 g/mol. The van der Waals surface area contributed by atoms with Crippen LogP contribution in [0.25, 0.3) is 0 Å². The van der Waals surface area contributed by atoms with Crippen molar-refractivity contribution in [1.82, 2.24) is 10.2 Å². The van der Waals surface area contributed by atoms with Crippen molar-refractivity contribution in [1.29, 1.82) is 0 Å². The van der Waals surface area contributed by atoms with Crippen molar-refractivity contribution in [2.24, 2.45) is 0 Å². The van der Waals surface area contributed by atoms with Gasteiger partial charge in [0, 0.05) is 41.8 Å². The largest absolute Gasteiger partial charge is 0.314 e. The zero-order valence-corrected chi connectivity index (χ0v) is 13.4. The van der Waals surface area contributed by atoms with Gasteiger partial charge in [-0.25, -0.2) is 4.39 Å². The van der Waals surface area contributed by atoms with Crippen LogP contribution in [0.1, 0.15) is 37.7 Å². The minimum Gasteiger partial charge on any atom is -0.314 e. The molecule has 2 nitrogen and oxygen atoms in total. The maximum atomic E-state index is 14.0. The Bertz CT molecular complexity index is 463. The number of halogens is 2. The van der Waals surface area contributed by atoms with Gasteiger partial charge in [-0.2, -0.15) is 0 Å². The van der Waals surface area contributed by atoms with Crippen LogP contribution in [0.15, 0.2) is 22.7 Å². The number of nitrogens with one attached hydrogen (secondary N) is 1. The van der Waals surface area contributed by atoms with Crippen LogP contribution in [0.4, 0.5) is 4.39 Å². The van der Waals surface area contributed by atoms with E-state index in [-0.39, 0.29) is 11.4 Å². The fourth-order valence-electron chi connectivity index (χ4n) is 3.70. The van der Waals surface area contributed by atoms with E-state index in [9.17, 15) is 4.39 Å². The highest BCUT2D eigenvalue weighted by Crippen LogP contribution is 2.35. The lowest BCUT2D eigenvalue weighted by Crippen LogP contribution is -2.61. The second-order valence-corrected chi connectivity index (χ2v) is 7.03. The van der Waals surface area contributed by atoms with Gasteiger partial charge in [-0.3, -0.25) is 4.90 Å². The number of rotatable bonds is 2. The maximum Gasteiger partial charge on any atom is 0.127 e. The average Bonchev–Trinajstić information content (AvgIpc) is 2.46. The molecule has 1 aromatic carbocycles. The molecule has 2 fully saturated rings. The van der Waals surface area contributed by atoms with Gasteiger partial charge >= 0.3 is 0 Å². The van der Waals surface area contributed by atoms with Crippen LogP contribution in [0.5, 0.6) is 0 Å². The number of piperazine rings is 1. The summed E-state index contributed by atoms with van der Waals surface area (Å²) in [5, 5.41) is 3.54. The molecular formula is C16H22BrFN2. The first-order chi connectivity index (χ1) is 9.70. The van der Waals surface area contributed by atoms with Crippen molar-refractivity contribution >= 4 is 15.9 Å². The van der Waals surface area contributed by atoms with Gasteiger partial charge in [0.2, 0.25) is 0 Å². The lowest BCUT2D eigenvalue weighted by Gasteiger charge is -2.50. The fourth-order valence-corrected chi connectivity index (χ4v) is 4.11. The Hall–Kier alpha value is -0.450.